The van der Waals surface area contributed by atoms with Gasteiger partial charge in [-0.3, -0.25) is 24.2 Å². The van der Waals surface area contributed by atoms with E-state index in [2.05, 4.69) is 10.3 Å². The van der Waals surface area contributed by atoms with Crippen molar-refractivity contribution in [1.82, 2.24) is 19.8 Å². The van der Waals surface area contributed by atoms with Crippen molar-refractivity contribution in [2.75, 3.05) is 31.5 Å². The molecule has 1 aromatic heterocycles. The number of H-pyrrole nitrogens is 2. The highest BCUT2D eigenvalue weighted by Crippen LogP contribution is 2.03. The Morgan fingerprint density at radius 3 is 2.23 bits per heavy atom. The zero-order chi connectivity index (χ0) is 16.3. The van der Waals surface area contributed by atoms with Gasteiger partial charge in [0.05, 0.1) is 0 Å². The molecular weight excluding hydrogens is 294 g/mol. The minimum absolute atomic E-state index is 0.0867. The van der Waals surface area contributed by atoms with Crippen LogP contribution >= 0.6 is 0 Å². The molecule has 0 aliphatic carbocycles. The molecular formula is C12H15N5O5. The molecule has 1 fully saturated rings. The van der Waals surface area contributed by atoms with Gasteiger partial charge in [-0.1, -0.05) is 0 Å². The molecule has 0 bridgehead atoms. The fourth-order valence-corrected chi connectivity index (χ4v) is 2.05. The lowest BCUT2D eigenvalue weighted by molar-refractivity contribution is -0.145. The number of hydrogen-bond acceptors (Lipinski definition) is 5. The van der Waals surface area contributed by atoms with Gasteiger partial charge in [-0.2, -0.15) is 0 Å². The van der Waals surface area contributed by atoms with Crippen LogP contribution in [-0.4, -0.2) is 63.7 Å². The Hall–Kier alpha value is -2.91. The van der Waals surface area contributed by atoms with Gasteiger partial charge in [-0.15, -0.1) is 0 Å². The van der Waals surface area contributed by atoms with Crippen molar-refractivity contribution < 1.29 is 14.4 Å². The van der Waals surface area contributed by atoms with Gasteiger partial charge >= 0.3 is 17.5 Å². The monoisotopic (exact) mass is 309 g/mol. The van der Waals surface area contributed by atoms with Gasteiger partial charge in [0.1, 0.15) is 5.69 Å². The number of piperazine rings is 1. The van der Waals surface area contributed by atoms with Crippen LogP contribution in [0, 0.1) is 0 Å². The van der Waals surface area contributed by atoms with Crippen LogP contribution in [0.1, 0.15) is 6.92 Å². The molecule has 0 spiro atoms. The van der Waals surface area contributed by atoms with Crippen LogP contribution in [0.15, 0.2) is 15.8 Å². The van der Waals surface area contributed by atoms with E-state index >= 15 is 0 Å². The first kappa shape index (κ1) is 15.5. The van der Waals surface area contributed by atoms with Crippen LogP contribution in [0.25, 0.3) is 0 Å². The van der Waals surface area contributed by atoms with Gasteiger partial charge in [0.15, 0.2) is 0 Å². The maximum absolute atomic E-state index is 12.0. The number of amides is 3. The Bertz CT molecular complexity index is 713. The number of carbonyl (C=O) groups excluding carboxylic acids is 3. The van der Waals surface area contributed by atoms with Gasteiger partial charge in [-0.05, 0) is 0 Å². The van der Waals surface area contributed by atoms with Gasteiger partial charge < -0.3 is 20.1 Å². The minimum atomic E-state index is -0.978. The Balaban J connectivity index is 1.98. The first-order valence-electron chi connectivity index (χ1n) is 6.56. The summed E-state index contributed by atoms with van der Waals surface area (Å²) in [6.45, 7) is 2.63. The van der Waals surface area contributed by atoms with E-state index in [9.17, 15) is 24.0 Å². The largest absolute Gasteiger partial charge is 0.339 e. The summed E-state index contributed by atoms with van der Waals surface area (Å²) in [5.41, 5.74) is -1.73. The van der Waals surface area contributed by atoms with E-state index in [1.54, 1.807) is 4.90 Å². The lowest BCUT2D eigenvalue weighted by atomic mass is 10.3. The summed E-state index contributed by atoms with van der Waals surface area (Å²) in [6, 6.07) is 0. The third kappa shape index (κ3) is 3.40. The molecule has 1 aromatic rings. The van der Waals surface area contributed by atoms with Crippen LogP contribution in [-0.2, 0) is 14.4 Å². The average molecular weight is 309 g/mol. The van der Waals surface area contributed by atoms with Crippen molar-refractivity contribution in [2.24, 2.45) is 0 Å². The Morgan fingerprint density at radius 1 is 1.09 bits per heavy atom. The van der Waals surface area contributed by atoms with Crippen LogP contribution in [0.2, 0.25) is 0 Å². The molecule has 0 saturated carbocycles. The van der Waals surface area contributed by atoms with E-state index in [0.29, 0.717) is 13.1 Å². The van der Waals surface area contributed by atoms with Crippen molar-refractivity contribution in [3.05, 3.63) is 27.0 Å². The summed E-state index contributed by atoms with van der Waals surface area (Å²) in [5.74, 6) is -1.86. The number of nitrogens with zero attached hydrogens (tertiary/aromatic N) is 2. The highest BCUT2D eigenvalue weighted by atomic mass is 16.2. The topological polar surface area (TPSA) is 135 Å². The van der Waals surface area contributed by atoms with Crippen molar-refractivity contribution in [3.63, 3.8) is 0 Å². The molecule has 10 heteroatoms. The number of aromatic nitrogens is 2. The summed E-state index contributed by atoms with van der Waals surface area (Å²) in [5, 5.41) is 2.14. The van der Waals surface area contributed by atoms with E-state index in [-0.39, 0.29) is 24.7 Å². The molecule has 0 unspecified atom stereocenters. The van der Waals surface area contributed by atoms with E-state index in [1.165, 1.54) is 11.8 Å². The van der Waals surface area contributed by atoms with Crippen molar-refractivity contribution >= 4 is 23.4 Å². The highest BCUT2D eigenvalue weighted by molar-refractivity contribution is 6.39. The quantitative estimate of drug-likeness (QED) is 0.501. The van der Waals surface area contributed by atoms with Gasteiger partial charge in [0.25, 0.3) is 5.56 Å². The third-order valence-corrected chi connectivity index (χ3v) is 3.27. The predicted molar refractivity (Wildman–Crippen MR) is 75.1 cm³/mol. The van der Waals surface area contributed by atoms with Crippen LogP contribution in [0.3, 0.4) is 0 Å². The van der Waals surface area contributed by atoms with Crippen LogP contribution < -0.4 is 16.6 Å². The predicted octanol–water partition coefficient (Wildman–Crippen LogP) is -2.31. The highest BCUT2D eigenvalue weighted by Gasteiger charge is 2.27. The third-order valence-electron chi connectivity index (χ3n) is 3.27. The Morgan fingerprint density at radius 2 is 1.68 bits per heavy atom. The summed E-state index contributed by atoms with van der Waals surface area (Å²) < 4.78 is 0. The number of anilines is 1. The first-order valence-corrected chi connectivity index (χ1v) is 6.56. The number of nitrogens with one attached hydrogen (secondary N) is 3. The smallest absolute Gasteiger partial charge is 0.325 e. The normalized spacial score (nSPS) is 14.6. The molecule has 2 heterocycles. The molecule has 22 heavy (non-hydrogen) atoms. The summed E-state index contributed by atoms with van der Waals surface area (Å²) >= 11 is 0. The van der Waals surface area contributed by atoms with E-state index < -0.39 is 23.1 Å². The Kier molecular flexibility index (Phi) is 4.39. The molecule has 3 amide bonds. The van der Waals surface area contributed by atoms with E-state index in [0.717, 1.165) is 6.20 Å². The van der Waals surface area contributed by atoms with Gasteiger partial charge in [0.2, 0.25) is 5.91 Å². The second kappa shape index (κ2) is 6.24. The summed E-state index contributed by atoms with van der Waals surface area (Å²) in [4.78, 5) is 64.3. The Labute approximate surface area is 124 Å². The molecule has 118 valence electrons. The van der Waals surface area contributed by atoms with Crippen LogP contribution in [0.5, 0.6) is 0 Å². The van der Waals surface area contributed by atoms with Crippen molar-refractivity contribution in [2.45, 2.75) is 6.92 Å². The first-order chi connectivity index (χ1) is 10.4. The second-order valence-corrected chi connectivity index (χ2v) is 4.74. The van der Waals surface area contributed by atoms with Gasteiger partial charge in [0, 0.05) is 39.3 Å². The lowest BCUT2D eigenvalue weighted by Crippen LogP contribution is -2.52. The fraction of sp³-hybridized carbons (Fsp3) is 0.417. The molecule has 1 aliphatic rings. The molecule has 2 rings (SSSR count). The number of aromatic amines is 2. The number of rotatable bonds is 1. The van der Waals surface area contributed by atoms with Gasteiger partial charge in [-0.25, -0.2) is 4.79 Å². The second-order valence-electron chi connectivity index (χ2n) is 4.74. The zero-order valence-corrected chi connectivity index (χ0v) is 11.8. The molecule has 1 saturated heterocycles. The van der Waals surface area contributed by atoms with E-state index in [4.69, 9.17) is 0 Å². The fourth-order valence-electron chi connectivity index (χ4n) is 2.05. The maximum Gasteiger partial charge on any atom is 0.325 e. The standard InChI is InChI=1S/C12H15N5O5/c1-7(18)16-2-4-17(5-3-16)11(21)10(20)14-8-6-13-12(22)15-9(8)19/h6H,2-5H2,1H3,(H,14,20)(H2,13,15,19,22). The molecule has 1 aliphatic heterocycles. The molecule has 0 radical (unpaired) electrons. The van der Waals surface area contributed by atoms with Crippen molar-refractivity contribution in [3.8, 4) is 0 Å². The summed E-state index contributed by atoms with van der Waals surface area (Å²) in [6.07, 6.45) is 1.01. The van der Waals surface area contributed by atoms with Crippen LogP contribution in [0.4, 0.5) is 5.69 Å². The summed E-state index contributed by atoms with van der Waals surface area (Å²) in [7, 11) is 0. The molecule has 10 nitrogen and oxygen atoms in total. The molecule has 3 N–H and O–H groups in total. The number of carbonyl (C=O) groups is 3. The maximum atomic E-state index is 12.0. The molecule has 0 atom stereocenters. The molecule has 0 aromatic carbocycles. The SMILES string of the molecule is CC(=O)N1CCN(C(=O)C(=O)Nc2c[nH]c(=O)[nH]c2=O)CC1. The zero-order valence-electron chi connectivity index (χ0n) is 11.8. The van der Waals surface area contributed by atoms with Crippen molar-refractivity contribution in [1.29, 1.82) is 0 Å². The average Bonchev–Trinajstić information content (AvgIpc) is 2.49. The number of hydrogen-bond donors (Lipinski definition) is 3. The minimum Gasteiger partial charge on any atom is -0.339 e. The van der Waals surface area contributed by atoms with E-state index in [1.807, 2.05) is 4.98 Å². The lowest BCUT2D eigenvalue weighted by Gasteiger charge is -2.33.